The van der Waals surface area contributed by atoms with E-state index in [0.29, 0.717) is 11.8 Å². The van der Waals surface area contributed by atoms with E-state index in [0.717, 1.165) is 12.1 Å². The van der Waals surface area contributed by atoms with Crippen molar-refractivity contribution in [3.8, 4) is 0 Å². The summed E-state index contributed by atoms with van der Waals surface area (Å²) >= 11 is 0. The Morgan fingerprint density at radius 2 is 1.88 bits per heavy atom. The average molecular weight is 366 g/mol. The van der Waals surface area contributed by atoms with E-state index < -0.39 is 41.9 Å². The van der Waals surface area contributed by atoms with Crippen LogP contribution in [0, 0.1) is 24.5 Å². The zero-order valence-electron chi connectivity index (χ0n) is 14.3. The molecule has 4 unspecified atom stereocenters. The van der Waals surface area contributed by atoms with Crippen LogP contribution >= 0.6 is 0 Å². The quantitative estimate of drug-likeness (QED) is 0.733. The van der Waals surface area contributed by atoms with Crippen LogP contribution in [0.1, 0.15) is 23.9 Å². The minimum atomic E-state index is -1.26. The normalized spacial score (nSPS) is 26.7. The van der Waals surface area contributed by atoms with Crippen molar-refractivity contribution in [2.24, 2.45) is 5.92 Å². The van der Waals surface area contributed by atoms with Crippen LogP contribution in [0.5, 0.6) is 0 Å². The fourth-order valence-electron chi connectivity index (χ4n) is 3.37. The van der Waals surface area contributed by atoms with Crippen LogP contribution in [0.2, 0.25) is 0 Å². The molecule has 3 rings (SSSR count). The number of aliphatic hydroxyl groups is 3. The van der Waals surface area contributed by atoms with Gasteiger partial charge in [0, 0.05) is 13.0 Å². The van der Waals surface area contributed by atoms with Crippen molar-refractivity contribution in [3.63, 3.8) is 0 Å². The van der Waals surface area contributed by atoms with Gasteiger partial charge >= 0.3 is 0 Å². The van der Waals surface area contributed by atoms with Gasteiger partial charge in [-0.2, -0.15) is 4.98 Å². The molecule has 0 spiro atoms. The van der Waals surface area contributed by atoms with Crippen molar-refractivity contribution >= 4 is 5.95 Å². The van der Waals surface area contributed by atoms with E-state index in [1.807, 2.05) is 0 Å². The molecule has 9 heteroatoms. The number of halogens is 2. The molecule has 1 aromatic heterocycles. The van der Waals surface area contributed by atoms with Gasteiger partial charge in [-0.1, -0.05) is 6.07 Å². The Kier molecular flexibility index (Phi) is 5.12. The number of hydrogen-bond donors (Lipinski definition) is 3. The third-order valence-electron chi connectivity index (χ3n) is 4.88. The molecule has 0 bridgehead atoms. The van der Waals surface area contributed by atoms with Gasteiger partial charge in [-0.15, -0.1) is 0 Å². The molecule has 7 nitrogen and oxygen atoms in total. The summed E-state index contributed by atoms with van der Waals surface area (Å²) in [4.78, 5) is 13.8. The number of rotatable bonds is 4. The number of nitrogens with zero attached hydrogens (tertiary/aromatic N) is 4. The van der Waals surface area contributed by atoms with E-state index in [9.17, 15) is 24.1 Å². The first-order valence-electron chi connectivity index (χ1n) is 8.17. The van der Waals surface area contributed by atoms with Crippen LogP contribution < -0.4 is 4.90 Å². The summed E-state index contributed by atoms with van der Waals surface area (Å²) in [7, 11) is 1.67. The first-order chi connectivity index (χ1) is 12.3. The molecule has 0 amide bonds. The van der Waals surface area contributed by atoms with Gasteiger partial charge in [-0.3, -0.25) is 0 Å². The maximum absolute atomic E-state index is 13.4. The Morgan fingerprint density at radius 3 is 2.54 bits per heavy atom. The molecule has 0 aliphatic heterocycles. The van der Waals surface area contributed by atoms with Gasteiger partial charge in [-0.25, -0.2) is 18.7 Å². The molecule has 1 aromatic carbocycles. The van der Waals surface area contributed by atoms with Gasteiger partial charge < -0.3 is 20.2 Å². The monoisotopic (exact) mass is 366 g/mol. The Morgan fingerprint density at radius 1 is 1.15 bits per heavy atom. The van der Waals surface area contributed by atoms with Crippen LogP contribution in [-0.4, -0.2) is 55.6 Å². The summed E-state index contributed by atoms with van der Waals surface area (Å²) in [5.41, 5.74) is 0.138. The molecule has 1 saturated carbocycles. The molecule has 1 aliphatic carbocycles. The van der Waals surface area contributed by atoms with Crippen molar-refractivity contribution in [1.82, 2.24) is 15.0 Å². The van der Waals surface area contributed by atoms with Gasteiger partial charge in [-0.05, 0) is 31.0 Å². The number of likely N-dealkylation sites (N-methyl/N-ethyl adjacent to an activating group) is 1. The van der Waals surface area contributed by atoms with E-state index >= 15 is 0 Å². The lowest BCUT2D eigenvalue weighted by Crippen LogP contribution is -2.42. The van der Waals surface area contributed by atoms with Crippen molar-refractivity contribution in [3.05, 3.63) is 47.5 Å². The molecule has 1 aliphatic rings. The van der Waals surface area contributed by atoms with Gasteiger partial charge in [0.05, 0.1) is 18.2 Å². The minimum absolute atomic E-state index is 0.138. The summed E-state index contributed by atoms with van der Waals surface area (Å²) in [5.74, 6) is -2.02. The molecular formula is C17H20F2N4O3. The molecule has 1 fully saturated rings. The Balaban J connectivity index is 1.81. The first kappa shape index (κ1) is 18.6. The highest BCUT2D eigenvalue weighted by molar-refractivity contribution is 5.32. The van der Waals surface area contributed by atoms with Gasteiger partial charge in [0.2, 0.25) is 5.95 Å². The molecule has 140 valence electrons. The predicted octanol–water partition coefficient (Wildman–Crippen LogP) is 0.738. The third-order valence-corrected chi connectivity index (χ3v) is 4.88. The van der Waals surface area contributed by atoms with Gasteiger partial charge in [0.15, 0.2) is 11.6 Å². The average Bonchev–Trinajstić information content (AvgIpc) is 2.91. The van der Waals surface area contributed by atoms with E-state index in [1.54, 1.807) is 18.9 Å². The second kappa shape index (κ2) is 7.18. The molecule has 3 N–H and O–H groups in total. The van der Waals surface area contributed by atoms with E-state index in [4.69, 9.17) is 0 Å². The number of aliphatic hydroxyl groups excluding tert-OH is 3. The van der Waals surface area contributed by atoms with Crippen molar-refractivity contribution in [1.29, 1.82) is 0 Å². The van der Waals surface area contributed by atoms with E-state index in [1.165, 1.54) is 12.4 Å². The molecule has 2 aromatic rings. The second-order valence-corrected chi connectivity index (χ2v) is 6.51. The van der Waals surface area contributed by atoms with Gasteiger partial charge in [0.25, 0.3) is 0 Å². The highest BCUT2D eigenvalue weighted by atomic mass is 19.2. The second-order valence-electron chi connectivity index (χ2n) is 6.51. The summed E-state index contributed by atoms with van der Waals surface area (Å²) in [6.45, 7) is 1.70. The summed E-state index contributed by atoms with van der Waals surface area (Å²) in [5, 5.41) is 31.3. The standard InChI is InChI=1S/C17H20F2N4O3/c1-8-20-7-21-17(22-8)23(2)13-6-10(15(25)16(13)26)14(24)9-3-4-11(18)12(19)5-9/h3-5,7,10,13-16,24-26H,6H2,1-2H3/t10?,13?,14?,15-,16?/m1/s1. The van der Waals surface area contributed by atoms with Crippen molar-refractivity contribution in [2.45, 2.75) is 37.7 Å². The van der Waals surface area contributed by atoms with Crippen molar-refractivity contribution in [2.75, 3.05) is 11.9 Å². The summed E-state index contributed by atoms with van der Waals surface area (Å²) in [6.07, 6.45) is -2.10. The third kappa shape index (κ3) is 3.37. The van der Waals surface area contributed by atoms with E-state index in [-0.39, 0.29) is 12.0 Å². The van der Waals surface area contributed by atoms with Crippen LogP contribution in [0.15, 0.2) is 24.5 Å². The highest BCUT2D eigenvalue weighted by Gasteiger charge is 2.47. The zero-order chi connectivity index (χ0) is 19.0. The van der Waals surface area contributed by atoms with Crippen molar-refractivity contribution < 1.29 is 24.1 Å². The fraction of sp³-hybridized carbons (Fsp3) is 0.471. The number of hydrogen-bond acceptors (Lipinski definition) is 7. The Hall–Kier alpha value is -2.23. The zero-order valence-corrected chi connectivity index (χ0v) is 14.3. The first-order valence-corrected chi connectivity index (χ1v) is 8.17. The molecule has 26 heavy (non-hydrogen) atoms. The lowest BCUT2D eigenvalue weighted by Gasteiger charge is -2.27. The molecule has 5 atom stereocenters. The molecule has 1 heterocycles. The summed E-state index contributed by atoms with van der Waals surface area (Å²) < 4.78 is 26.5. The van der Waals surface area contributed by atoms with Crippen LogP contribution in [-0.2, 0) is 0 Å². The number of aromatic nitrogens is 3. The topological polar surface area (TPSA) is 103 Å². The lowest BCUT2D eigenvalue weighted by atomic mass is 9.92. The Bertz CT molecular complexity index is 794. The number of benzene rings is 1. The van der Waals surface area contributed by atoms with E-state index in [2.05, 4.69) is 15.0 Å². The maximum atomic E-state index is 13.4. The maximum Gasteiger partial charge on any atom is 0.228 e. The Labute approximate surface area is 149 Å². The highest BCUT2D eigenvalue weighted by Crippen LogP contribution is 2.39. The smallest absolute Gasteiger partial charge is 0.228 e. The predicted molar refractivity (Wildman–Crippen MR) is 88.2 cm³/mol. The minimum Gasteiger partial charge on any atom is -0.390 e. The molecule has 0 saturated heterocycles. The molecular weight excluding hydrogens is 346 g/mol. The molecule has 0 radical (unpaired) electrons. The number of anilines is 1. The van der Waals surface area contributed by atoms with Crippen LogP contribution in [0.3, 0.4) is 0 Å². The fourth-order valence-corrected chi connectivity index (χ4v) is 3.37. The SMILES string of the molecule is Cc1ncnc(N(C)C2CC(C(O)c3ccc(F)c(F)c3)[C@@H](O)C2O)n1. The van der Waals surface area contributed by atoms with Crippen LogP contribution in [0.4, 0.5) is 14.7 Å². The lowest BCUT2D eigenvalue weighted by molar-refractivity contribution is -0.0232. The van der Waals surface area contributed by atoms with Crippen LogP contribution in [0.25, 0.3) is 0 Å². The largest absolute Gasteiger partial charge is 0.390 e. The summed E-state index contributed by atoms with van der Waals surface area (Å²) in [6, 6.07) is 2.51. The number of aryl methyl sites for hydroxylation is 1. The van der Waals surface area contributed by atoms with Gasteiger partial charge in [0.1, 0.15) is 18.3 Å².